The molecule has 2 aliphatic heterocycles. The van der Waals surface area contributed by atoms with Gasteiger partial charge in [-0.2, -0.15) is 0 Å². The highest BCUT2D eigenvalue weighted by atomic mass is 15.2. The number of rotatable bonds is 13. The van der Waals surface area contributed by atoms with E-state index in [2.05, 4.69) is 497 Å². The predicted octanol–water partition coefficient (Wildman–Crippen LogP) is 32.1. The van der Waals surface area contributed by atoms with Crippen molar-refractivity contribution in [3.63, 3.8) is 0 Å². The molecule has 0 fully saturated rings. The molecule has 19 aromatic carbocycles. The summed E-state index contributed by atoms with van der Waals surface area (Å²) in [6, 6.07) is 151. The summed E-state index contributed by atoms with van der Waals surface area (Å²) in [5, 5.41) is 10.0. The summed E-state index contributed by atoms with van der Waals surface area (Å²) in [5.41, 5.74) is 36.9. The van der Waals surface area contributed by atoms with E-state index in [0.29, 0.717) is 0 Å². The van der Waals surface area contributed by atoms with Crippen molar-refractivity contribution in [2.75, 3.05) is 14.7 Å². The van der Waals surface area contributed by atoms with Gasteiger partial charge in [0.05, 0.1) is 28.1 Å². The third-order valence-corrected chi connectivity index (χ3v) is 27.1. The van der Waals surface area contributed by atoms with Crippen LogP contribution >= 0.6 is 0 Å². The standard InChI is InChI=1S/C122H101BN4/c1-119(2,3)90-55-66-108-104(69-90)105-70-91(120(4,5)6)56-67-109(105)125(108)96-61-65-107-111(75-96)127(118-102(84-40-27-17-28-41-84)73-93(122(10,11)12)74-103(118)85-42-29-18-30-43-85)113-77-97(124(94-57-48-80(49-58-94)78-32-19-13-20-33-78)95-59-50-81(51-60-95)79-34-21-14-22-35-79)76-112-116(113)123(107)106-64-54-89(98-62-52-88-47-46-86-44-31-45-87-53-63-99(98)115(88)114(86)87)68-110(106)126(112)117-100(82-36-23-15-24-37-82)71-92(121(7,8)9)72-101(117)83-38-25-16-26-39-83/h13-77H,1-12H3. The number of hydrogen-bond acceptors (Lipinski definition) is 3. The minimum atomic E-state index is -0.352. The highest BCUT2D eigenvalue weighted by molar-refractivity contribution is 7.00. The zero-order valence-corrected chi connectivity index (χ0v) is 74.4. The molecule has 2 aliphatic rings. The SMILES string of the molecule is CC(C)(C)c1cc(-c2ccccc2)c(N2c3cc(-c4ccc5ccc6cccc7ccc4c5c67)ccc3B3c4ccc(-n5c6ccc(C(C)(C)C)cc6c6cc(C(C)(C)C)ccc65)cc4N(c4c(-c5ccccc5)cc(C(C)(C)C)cc4-c4ccccc4)c4cc(N(c5ccc(-c6ccccc6)cc5)c5ccc(-c6ccccc6)cc5)cc2c43)c(-c2ccccc2)c1. The molecule has 20 aromatic rings. The summed E-state index contributed by atoms with van der Waals surface area (Å²) in [6.45, 7) is 27.9. The van der Waals surface area contributed by atoms with Crippen LogP contribution < -0.4 is 31.1 Å². The van der Waals surface area contributed by atoms with Gasteiger partial charge in [-0.05, 0) is 251 Å². The molecule has 5 heteroatoms. The van der Waals surface area contributed by atoms with Gasteiger partial charge in [0, 0.05) is 72.8 Å². The molecule has 22 rings (SSSR count). The lowest BCUT2D eigenvalue weighted by Crippen LogP contribution is -2.61. The topological polar surface area (TPSA) is 14.7 Å². The Morgan fingerprint density at radius 1 is 0.228 bits per heavy atom. The maximum absolute atomic E-state index is 2.76. The minimum Gasteiger partial charge on any atom is -0.310 e. The highest BCUT2D eigenvalue weighted by Gasteiger charge is 2.47. The lowest BCUT2D eigenvalue weighted by Gasteiger charge is -2.46. The molecule has 0 atom stereocenters. The van der Waals surface area contributed by atoms with Crippen LogP contribution in [0.2, 0.25) is 0 Å². The van der Waals surface area contributed by atoms with Gasteiger partial charge in [-0.3, -0.25) is 0 Å². The first-order chi connectivity index (χ1) is 61.5. The third-order valence-electron chi connectivity index (χ3n) is 27.1. The van der Waals surface area contributed by atoms with E-state index in [1.807, 2.05) is 0 Å². The molecule has 3 heterocycles. The molecule has 1 aromatic heterocycles. The van der Waals surface area contributed by atoms with Gasteiger partial charge < -0.3 is 19.3 Å². The van der Waals surface area contributed by atoms with Crippen molar-refractivity contribution < 1.29 is 0 Å². The van der Waals surface area contributed by atoms with Crippen molar-refractivity contribution in [2.45, 2.75) is 105 Å². The molecule has 127 heavy (non-hydrogen) atoms. The number of aromatic nitrogens is 1. The molecular weight excluding hydrogens is 1530 g/mol. The smallest absolute Gasteiger partial charge is 0.252 e. The summed E-state index contributed by atoms with van der Waals surface area (Å²) in [6.07, 6.45) is 0. The lowest BCUT2D eigenvalue weighted by molar-refractivity contribution is 0.590. The average molecular weight is 1630 g/mol. The fourth-order valence-electron chi connectivity index (χ4n) is 20.4. The molecular formula is C122H101BN4. The molecule has 0 bridgehead atoms. The van der Waals surface area contributed by atoms with Crippen LogP contribution in [0, 0.1) is 0 Å². The monoisotopic (exact) mass is 1630 g/mol. The molecule has 0 saturated heterocycles. The highest BCUT2D eigenvalue weighted by Crippen LogP contribution is 2.58. The summed E-state index contributed by atoms with van der Waals surface area (Å²) in [5.74, 6) is 0. The molecule has 0 N–H and O–H groups in total. The van der Waals surface area contributed by atoms with Gasteiger partial charge >= 0.3 is 0 Å². The number of hydrogen-bond donors (Lipinski definition) is 0. The van der Waals surface area contributed by atoms with Crippen LogP contribution in [0.5, 0.6) is 0 Å². The Morgan fingerprint density at radius 2 is 0.583 bits per heavy atom. The second kappa shape index (κ2) is 30.1. The molecule has 0 amide bonds. The maximum atomic E-state index is 2.76. The molecule has 0 saturated carbocycles. The zero-order chi connectivity index (χ0) is 86.5. The first-order valence-electron chi connectivity index (χ1n) is 45.0. The number of nitrogens with zero attached hydrogens (tertiary/aromatic N) is 4. The van der Waals surface area contributed by atoms with Crippen LogP contribution in [0.15, 0.2) is 394 Å². The second-order valence-corrected chi connectivity index (χ2v) is 39.3. The van der Waals surface area contributed by atoms with Gasteiger partial charge in [0.25, 0.3) is 6.71 Å². The number of anilines is 9. The van der Waals surface area contributed by atoms with Crippen molar-refractivity contribution >= 4 is 128 Å². The number of fused-ring (bicyclic) bond motifs is 7. The van der Waals surface area contributed by atoms with E-state index >= 15 is 0 Å². The summed E-state index contributed by atoms with van der Waals surface area (Å²) in [4.78, 5) is 8.06. The van der Waals surface area contributed by atoms with E-state index in [4.69, 9.17) is 0 Å². The quantitative estimate of drug-likeness (QED) is 0.0845. The summed E-state index contributed by atoms with van der Waals surface area (Å²) in [7, 11) is 0. The van der Waals surface area contributed by atoms with E-state index in [1.54, 1.807) is 0 Å². The normalized spacial score (nSPS) is 12.8. The van der Waals surface area contributed by atoms with Crippen LogP contribution in [0.1, 0.15) is 105 Å². The molecule has 0 unspecified atom stereocenters. The van der Waals surface area contributed by atoms with E-state index in [1.165, 1.54) is 87.3 Å². The van der Waals surface area contributed by atoms with Crippen molar-refractivity contribution in [1.82, 2.24) is 4.57 Å². The third kappa shape index (κ3) is 13.5. The van der Waals surface area contributed by atoms with Gasteiger partial charge in [-0.1, -0.05) is 374 Å². The zero-order valence-electron chi connectivity index (χ0n) is 74.4. The van der Waals surface area contributed by atoms with Crippen LogP contribution in [-0.2, 0) is 21.7 Å². The Labute approximate surface area is 747 Å². The molecule has 0 spiro atoms. The fraction of sp³-hybridized carbons (Fsp3) is 0.131. The van der Waals surface area contributed by atoms with Gasteiger partial charge in [0.1, 0.15) is 0 Å². The van der Waals surface area contributed by atoms with Gasteiger partial charge in [0.2, 0.25) is 0 Å². The largest absolute Gasteiger partial charge is 0.310 e. The van der Waals surface area contributed by atoms with E-state index in [-0.39, 0.29) is 28.4 Å². The summed E-state index contributed by atoms with van der Waals surface area (Å²) < 4.78 is 2.58. The van der Waals surface area contributed by atoms with Gasteiger partial charge in [-0.25, -0.2) is 0 Å². The first-order valence-corrected chi connectivity index (χ1v) is 45.0. The van der Waals surface area contributed by atoms with Crippen LogP contribution in [0.4, 0.5) is 51.2 Å². The molecule has 0 radical (unpaired) electrons. The summed E-state index contributed by atoms with van der Waals surface area (Å²) >= 11 is 0. The Morgan fingerprint density at radius 3 is 0.992 bits per heavy atom. The van der Waals surface area contributed by atoms with Crippen molar-refractivity contribution in [3.8, 4) is 83.6 Å². The first kappa shape index (κ1) is 78.5. The molecule has 4 nitrogen and oxygen atoms in total. The van der Waals surface area contributed by atoms with Crippen LogP contribution in [0.25, 0.3) is 138 Å². The van der Waals surface area contributed by atoms with Gasteiger partial charge in [-0.15, -0.1) is 0 Å². The van der Waals surface area contributed by atoms with Crippen LogP contribution in [-0.4, -0.2) is 11.3 Å². The van der Waals surface area contributed by atoms with E-state index < -0.39 is 0 Å². The average Bonchev–Trinajstić information content (AvgIpc) is 1.02. The van der Waals surface area contributed by atoms with E-state index in [9.17, 15) is 0 Å². The van der Waals surface area contributed by atoms with Crippen molar-refractivity contribution in [1.29, 1.82) is 0 Å². The van der Waals surface area contributed by atoms with Crippen molar-refractivity contribution in [2.24, 2.45) is 0 Å². The van der Waals surface area contributed by atoms with Crippen molar-refractivity contribution in [3.05, 3.63) is 417 Å². The van der Waals surface area contributed by atoms with Gasteiger partial charge in [0.15, 0.2) is 0 Å². The minimum absolute atomic E-state index is 0.0966. The van der Waals surface area contributed by atoms with Crippen LogP contribution in [0.3, 0.4) is 0 Å². The second-order valence-electron chi connectivity index (χ2n) is 39.3. The molecule has 612 valence electrons. The van der Waals surface area contributed by atoms with E-state index in [0.717, 1.165) is 140 Å². The Hall–Kier alpha value is -14.5. The predicted molar refractivity (Wildman–Crippen MR) is 546 cm³/mol. The Bertz CT molecular complexity index is 7390. The fourth-order valence-corrected chi connectivity index (χ4v) is 20.4. The Kier molecular flexibility index (Phi) is 18.6. The maximum Gasteiger partial charge on any atom is 0.252 e. The molecule has 0 aliphatic carbocycles. The lowest BCUT2D eigenvalue weighted by atomic mass is 9.33. The number of benzene rings is 19. The Balaban J connectivity index is 0.938.